The Morgan fingerprint density at radius 1 is 0.466 bits per heavy atom. The second-order valence-corrected chi connectivity index (χ2v) is 19.6. The molecular formula is C57H76N2O14+2. The Morgan fingerprint density at radius 3 is 1.12 bits per heavy atom. The van der Waals surface area contributed by atoms with Crippen molar-refractivity contribution in [1.29, 1.82) is 0 Å². The van der Waals surface area contributed by atoms with Crippen LogP contribution in [0, 0.1) is 11.8 Å². The summed E-state index contributed by atoms with van der Waals surface area (Å²) >= 11 is 0. The van der Waals surface area contributed by atoms with Gasteiger partial charge in [-0.05, 0) is 104 Å². The van der Waals surface area contributed by atoms with Crippen LogP contribution in [0.1, 0.15) is 78.6 Å². The number of hydrogen-bond acceptors (Lipinski definition) is 14. The highest BCUT2D eigenvalue weighted by molar-refractivity contribution is 5.98. The molecule has 0 bridgehead atoms. The molecule has 4 aromatic rings. The SMILES string of the molecule is COc1ccc(CC2c3cc(OC)c(OC)cc3CC[N+]2(C)CC(C(C)=O)C(=O)OCCCCCOC(=O)C(C[N+]2(C)CCc3cc(OC)c(OC)cc3C2Cc2ccc(OC)c(OC)c2)C(C)=O)cc1OC. The maximum atomic E-state index is 13.8. The highest BCUT2D eigenvalue weighted by atomic mass is 16.5. The molecule has 73 heavy (non-hydrogen) atoms. The Bertz CT molecular complexity index is 2420. The predicted molar refractivity (Wildman–Crippen MR) is 274 cm³/mol. The van der Waals surface area contributed by atoms with Crippen molar-refractivity contribution in [2.24, 2.45) is 11.8 Å². The molecule has 4 aromatic carbocycles. The molecule has 2 aliphatic heterocycles. The molecule has 0 aromatic heterocycles. The second kappa shape index (κ2) is 24.9. The molecular weight excluding hydrogens is 937 g/mol. The van der Waals surface area contributed by atoms with E-state index < -0.39 is 23.8 Å². The summed E-state index contributed by atoms with van der Waals surface area (Å²) in [5, 5.41) is 0. The Balaban J connectivity index is 1.08. The molecule has 6 rings (SSSR count). The van der Waals surface area contributed by atoms with Crippen molar-refractivity contribution in [2.45, 2.75) is 70.9 Å². The smallest absolute Gasteiger partial charge is 0.322 e. The van der Waals surface area contributed by atoms with Gasteiger partial charge in [-0.1, -0.05) is 12.1 Å². The van der Waals surface area contributed by atoms with Crippen molar-refractivity contribution in [1.82, 2.24) is 0 Å². The van der Waals surface area contributed by atoms with Gasteiger partial charge in [-0.2, -0.15) is 0 Å². The number of likely N-dealkylation sites (N-methyl/N-ethyl adjacent to an activating group) is 2. The van der Waals surface area contributed by atoms with Crippen LogP contribution in [0.25, 0.3) is 0 Å². The van der Waals surface area contributed by atoms with E-state index in [1.54, 1.807) is 56.9 Å². The van der Waals surface area contributed by atoms with Gasteiger partial charge in [0.05, 0.1) is 110 Å². The number of Topliss-reactive ketones (excluding diaryl/α,β-unsaturated/α-hetero) is 2. The summed E-state index contributed by atoms with van der Waals surface area (Å²) in [5.74, 6) is 1.28. The van der Waals surface area contributed by atoms with Crippen molar-refractivity contribution in [2.75, 3.05) is 110 Å². The van der Waals surface area contributed by atoms with Crippen molar-refractivity contribution in [3.63, 3.8) is 0 Å². The number of carbonyl (C=O) groups excluding carboxylic acids is 4. The first-order chi connectivity index (χ1) is 35.0. The first-order valence-electron chi connectivity index (χ1n) is 24.9. The lowest BCUT2D eigenvalue weighted by Gasteiger charge is -2.47. The van der Waals surface area contributed by atoms with Crippen LogP contribution in [0.5, 0.6) is 46.0 Å². The lowest BCUT2D eigenvalue weighted by molar-refractivity contribution is -0.942. The summed E-state index contributed by atoms with van der Waals surface area (Å²) in [4.78, 5) is 54.3. The van der Waals surface area contributed by atoms with E-state index >= 15 is 0 Å². The molecule has 6 unspecified atom stereocenters. The molecule has 396 valence electrons. The van der Waals surface area contributed by atoms with Crippen LogP contribution < -0.4 is 37.9 Å². The van der Waals surface area contributed by atoms with E-state index in [-0.39, 0.29) is 50.0 Å². The lowest BCUT2D eigenvalue weighted by atomic mass is 9.85. The van der Waals surface area contributed by atoms with E-state index in [0.717, 1.165) is 33.4 Å². The molecule has 0 spiro atoms. The number of unbranched alkanes of at least 4 members (excludes halogenated alkanes) is 2. The topological polar surface area (TPSA) is 161 Å². The van der Waals surface area contributed by atoms with Crippen LogP contribution in [-0.2, 0) is 54.3 Å². The van der Waals surface area contributed by atoms with Gasteiger partial charge in [-0.3, -0.25) is 19.2 Å². The van der Waals surface area contributed by atoms with E-state index in [4.69, 9.17) is 47.4 Å². The molecule has 6 atom stereocenters. The van der Waals surface area contributed by atoms with Crippen LogP contribution in [-0.4, -0.2) is 143 Å². The van der Waals surface area contributed by atoms with E-state index in [2.05, 4.69) is 14.1 Å². The largest absolute Gasteiger partial charge is 0.493 e. The fraction of sp³-hybridized carbons (Fsp3) is 0.509. The van der Waals surface area contributed by atoms with Crippen molar-refractivity contribution in [3.8, 4) is 46.0 Å². The highest BCUT2D eigenvalue weighted by Gasteiger charge is 2.46. The lowest BCUT2D eigenvalue weighted by Crippen LogP contribution is -2.56. The Kier molecular flexibility index (Phi) is 19.1. The Labute approximate surface area is 430 Å². The zero-order valence-corrected chi connectivity index (χ0v) is 44.9. The maximum Gasteiger partial charge on any atom is 0.322 e. The number of carbonyl (C=O) groups is 4. The van der Waals surface area contributed by atoms with Gasteiger partial charge in [0, 0.05) is 36.8 Å². The minimum absolute atomic E-state index is 0.0979. The van der Waals surface area contributed by atoms with Gasteiger partial charge in [-0.15, -0.1) is 0 Å². The molecule has 0 radical (unpaired) electrons. The third kappa shape index (κ3) is 12.8. The monoisotopic (exact) mass is 1010 g/mol. The molecule has 2 heterocycles. The van der Waals surface area contributed by atoms with E-state index in [9.17, 15) is 19.2 Å². The van der Waals surface area contributed by atoms with Crippen LogP contribution in [0.15, 0.2) is 60.7 Å². The van der Waals surface area contributed by atoms with Gasteiger partial charge < -0.3 is 56.3 Å². The molecule has 16 nitrogen and oxygen atoms in total. The number of esters is 2. The summed E-state index contributed by atoms with van der Waals surface area (Å²) in [7, 11) is 17.0. The summed E-state index contributed by atoms with van der Waals surface area (Å²) in [6.07, 6.45) is 4.13. The Hall–Kier alpha value is -6.52. The second-order valence-electron chi connectivity index (χ2n) is 19.6. The fourth-order valence-electron chi connectivity index (χ4n) is 10.7. The molecule has 0 saturated carbocycles. The number of quaternary nitrogens is 2. The van der Waals surface area contributed by atoms with Gasteiger partial charge in [-0.25, -0.2) is 0 Å². The molecule has 0 amide bonds. The number of fused-ring (bicyclic) bond motifs is 2. The highest BCUT2D eigenvalue weighted by Crippen LogP contribution is 2.46. The summed E-state index contributed by atoms with van der Waals surface area (Å²) in [6, 6.07) is 19.4. The first-order valence-corrected chi connectivity index (χ1v) is 24.9. The number of benzene rings is 4. The number of methoxy groups -OCH3 is 8. The third-order valence-electron chi connectivity index (χ3n) is 15.1. The van der Waals surface area contributed by atoms with Crippen molar-refractivity contribution >= 4 is 23.5 Å². The average Bonchev–Trinajstić information content (AvgIpc) is 3.39. The predicted octanol–water partition coefficient (Wildman–Crippen LogP) is 7.70. The number of nitrogens with zero attached hydrogens (tertiary/aromatic N) is 2. The first kappa shape index (κ1) is 55.8. The Morgan fingerprint density at radius 2 is 0.795 bits per heavy atom. The normalized spacial score (nSPS) is 19.7. The van der Waals surface area contributed by atoms with Crippen LogP contribution in [0.4, 0.5) is 0 Å². The zero-order chi connectivity index (χ0) is 53.0. The van der Waals surface area contributed by atoms with Gasteiger partial charge >= 0.3 is 11.9 Å². The molecule has 0 aliphatic carbocycles. The van der Waals surface area contributed by atoms with Gasteiger partial charge in [0.1, 0.15) is 23.7 Å². The average molecular weight is 1010 g/mol. The van der Waals surface area contributed by atoms with E-state index in [1.807, 2.05) is 60.7 Å². The van der Waals surface area contributed by atoms with E-state index in [0.29, 0.717) is 113 Å². The van der Waals surface area contributed by atoms with E-state index in [1.165, 1.54) is 13.8 Å². The molecule has 16 heteroatoms. The maximum absolute atomic E-state index is 13.8. The number of hydrogen-bond donors (Lipinski definition) is 0. The zero-order valence-electron chi connectivity index (χ0n) is 44.9. The number of ketones is 2. The van der Waals surface area contributed by atoms with Gasteiger partial charge in [0.2, 0.25) is 0 Å². The fourth-order valence-corrected chi connectivity index (χ4v) is 10.7. The standard InChI is InChI=1S/C57H76N2O14/c1-36(60)44(34-58(3)22-20-40-30-52(68-9)54(70-11)32-42(40)46(58)26-38-16-18-48(64-5)50(28-38)66-7)56(62)72-24-14-13-15-25-73-57(63)45(37(2)61)35-59(4)23-21-41-31-53(69-10)55(71-12)33-43(41)47(59)27-39-17-19-49(65-6)51(29-39)67-8/h16-19,28-33,44-47H,13-15,20-27,34-35H2,1-12H3/q+2. The van der Waals surface area contributed by atoms with Gasteiger partial charge in [0.25, 0.3) is 0 Å². The quantitative estimate of drug-likeness (QED) is 0.0261. The molecule has 2 aliphatic rings. The van der Waals surface area contributed by atoms with Crippen molar-refractivity contribution in [3.05, 3.63) is 94.0 Å². The summed E-state index contributed by atoms with van der Waals surface area (Å²) in [6.45, 7) is 4.87. The summed E-state index contributed by atoms with van der Waals surface area (Å²) in [5.41, 5.74) is 6.34. The number of rotatable bonds is 26. The van der Waals surface area contributed by atoms with Crippen LogP contribution in [0.2, 0.25) is 0 Å². The molecule has 0 saturated heterocycles. The number of ether oxygens (including phenoxy) is 10. The van der Waals surface area contributed by atoms with Crippen molar-refractivity contribution < 1.29 is 75.5 Å². The minimum Gasteiger partial charge on any atom is -0.493 e. The molecule has 0 fully saturated rings. The van der Waals surface area contributed by atoms with Crippen LogP contribution in [0.3, 0.4) is 0 Å². The third-order valence-corrected chi connectivity index (χ3v) is 15.1. The summed E-state index contributed by atoms with van der Waals surface area (Å²) < 4.78 is 57.5. The minimum atomic E-state index is -0.995. The van der Waals surface area contributed by atoms with Gasteiger partial charge in [0.15, 0.2) is 57.8 Å². The molecule has 0 N–H and O–H groups in total. The van der Waals surface area contributed by atoms with Crippen LogP contribution >= 0.6 is 0 Å².